The molecule has 1 aliphatic carbocycles. The molecule has 0 radical (unpaired) electrons. The van der Waals surface area contributed by atoms with Gasteiger partial charge in [-0.1, -0.05) is 38.8 Å². The van der Waals surface area contributed by atoms with Gasteiger partial charge in [-0.3, -0.25) is 4.79 Å². The van der Waals surface area contributed by atoms with Gasteiger partial charge in [-0.05, 0) is 85.9 Å². The van der Waals surface area contributed by atoms with Gasteiger partial charge in [0.25, 0.3) is 0 Å². The summed E-state index contributed by atoms with van der Waals surface area (Å²) in [5.41, 5.74) is 1.86. The molecular formula is C26H32O4. The van der Waals surface area contributed by atoms with Gasteiger partial charge in [0.2, 0.25) is 0 Å². The molecule has 1 aliphatic rings. The van der Waals surface area contributed by atoms with E-state index in [-0.39, 0.29) is 11.9 Å². The summed E-state index contributed by atoms with van der Waals surface area (Å²) in [5, 5.41) is 0. The molecule has 0 atom stereocenters. The van der Waals surface area contributed by atoms with Crippen molar-refractivity contribution in [3.63, 3.8) is 0 Å². The minimum absolute atomic E-state index is 0.263. The Hall–Kier alpha value is -2.62. The van der Waals surface area contributed by atoms with Crippen LogP contribution in [0, 0.1) is 5.92 Å². The molecule has 4 nitrogen and oxygen atoms in total. The van der Waals surface area contributed by atoms with E-state index < -0.39 is 0 Å². The van der Waals surface area contributed by atoms with Crippen molar-refractivity contribution in [1.82, 2.24) is 0 Å². The Labute approximate surface area is 179 Å². The van der Waals surface area contributed by atoms with Gasteiger partial charge in [0, 0.05) is 6.42 Å². The van der Waals surface area contributed by atoms with Crippen LogP contribution in [0.15, 0.2) is 48.5 Å². The first kappa shape index (κ1) is 22.1. The second-order valence-corrected chi connectivity index (χ2v) is 8.21. The van der Waals surface area contributed by atoms with Crippen LogP contribution < -0.4 is 9.47 Å². The van der Waals surface area contributed by atoms with Crippen LogP contribution in [-0.2, 0) is 4.79 Å². The van der Waals surface area contributed by atoms with Gasteiger partial charge in [0.1, 0.15) is 11.5 Å². The number of esters is 2. The van der Waals surface area contributed by atoms with Gasteiger partial charge in [0.15, 0.2) is 0 Å². The quantitative estimate of drug-likeness (QED) is 0.361. The third kappa shape index (κ3) is 6.19. The number of benzene rings is 2. The Kier molecular flexibility index (Phi) is 8.06. The molecule has 0 N–H and O–H groups in total. The molecule has 2 aromatic rings. The number of carbonyl (C=O) groups excluding carboxylic acids is 2. The highest BCUT2D eigenvalue weighted by Gasteiger charge is 2.22. The lowest BCUT2D eigenvalue weighted by molar-refractivity contribution is -0.134. The predicted octanol–water partition coefficient (Wildman–Crippen LogP) is 6.69. The first-order chi connectivity index (χ1) is 14.6. The normalized spacial score (nSPS) is 18.6. The monoisotopic (exact) mass is 408 g/mol. The van der Waals surface area contributed by atoms with E-state index in [0.29, 0.717) is 29.4 Å². The fourth-order valence-electron chi connectivity index (χ4n) is 4.21. The standard InChI is InChI=1S/C26H32O4/c1-3-5-19-7-9-20(10-8-19)21-11-13-22(14-12-21)26(28)30-24-17-15-23(16-18-24)29-25(27)6-4-2/h11-20H,3-10H2,1-2H3. The smallest absolute Gasteiger partial charge is 0.343 e. The summed E-state index contributed by atoms with van der Waals surface area (Å²) in [7, 11) is 0. The highest BCUT2D eigenvalue weighted by molar-refractivity contribution is 5.91. The summed E-state index contributed by atoms with van der Waals surface area (Å²) in [4.78, 5) is 24.0. The molecule has 1 saturated carbocycles. The fourth-order valence-corrected chi connectivity index (χ4v) is 4.21. The maximum Gasteiger partial charge on any atom is 0.343 e. The van der Waals surface area contributed by atoms with E-state index in [1.165, 1.54) is 44.1 Å². The van der Waals surface area contributed by atoms with Crippen LogP contribution in [0.25, 0.3) is 0 Å². The third-order valence-corrected chi connectivity index (χ3v) is 5.88. The number of carbonyl (C=O) groups is 2. The second kappa shape index (κ2) is 11.0. The van der Waals surface area contributed by atoms with E-state index in [4.69, 9.17) is 9.47 Å². The Bertz CT molecular complexity index is 815. The molecule has 2 aromatic carbocycles. The predicted molar refractivity (Wildman–Crippen MR) is 118 cm³/mol. The van der Waals surface area contributed by atoms with Crippen LogP contribution in [0.2, 0.25) is 0 Å². The number of hydrogen-bond donors (Lipinski definition) is 0. The Morgan fingerprint density at radius 3 is 1.97 bits per heavy atom. The Morgan fingerprint density at radius 1 is 0.800 bits per heavy atom. The summed E-state index contributed by atoms with van der Waals surface area (Å²) in [5.74, 6) is 1.72. The topological polar surface area (TPSA) is 52.6 Å². The van der Waals surface area contributed by atoms with Crippen molar-refractivity contribution in [1.29, 1.82) is 0 Å². The summed E-state index contributed by atoms with van der Waals surface area (Å²) in [6, 6.07) is 14.4. The summed E-state index contributed by atoms with van der Waals surface area (Å²) < 4.78 is 10.7. The zero-order valence-corrected chi connectivity index (χ0v) is 18.1. The maximum absolute atomic E-state index is 12.5. The van der Waals surface area contributed by atoms with Gasteiger partial charge in [0.05, 0.1) is 5.56 Å². The average molecular weight is 409 g/mol. The summed E-state index contributed by atoms with van der Waals surface area (Å²) in [6.45, 7) is 4.19. The van der Waals surface area contributed by atoms with Gasteiger partial charge in [-0.15, -0.1) is 0 Å². The zero-order valence-electron chi connectivity index (χ0n) is 18.1. The van der Waals surface area contributed by atoms with E-state index >= 15 is 0 Å². The Balaban J connectivity index is 1.53. The fraction of sp³-hybridized carbons (Fsp3) is 0.462. The molecule has 30 heavy (non-hydrogen) atoms. The first-order valence-electron chi connectivity index (χ1n) is 11.2. The average Bonchev–Trinajstić information content (AvgIpc) is 2.76. The minimum Gasteiger partial charge on any atom is -0.427 e. The van der Waals surface area contributed by atoms with Gasteiger partial charge >= 0.3 is 11.9 Å². The molecule has 3 rings (SSSR count). The minimum atomic E-state index is -0.385. The van der Waals surface area contributed by atoms with E-state index in [1.807, 2.05) is 19.1 Å². The molecule has 4 heteroatoms. The molecule has 0 heterocycles. The van der Waals surface area contributed by atoms with Gasteiger partial charge in [-0.25, -0.2) is 4.79 Å². The lowest BCUT2D eigenvalue weighted by Gasteiger charge is -2.28. The van der Waals surface area contributed by atoms with E-state index in [2.05, 4.69) is 19.1 Å². The van der Waals surface area contributed by atoms with E-state index in [9.17, 15) is 9.59 Å². The maximum atomic E-state index is 12.5. The first-order valence-corrected chi connectivity index (χ1v) is 11.2. The van der Waals surface area contributed by atoms with Gasteiger partial charge in [-0.2, -0.15) is 0 Å². The largest absolute Gasteiger partial charge is 0.427 e. The third-order valence-electron chi connectivity index (χ3n) is 5.88. The van der Waals surface area contributed by atoms with Crippen LogP contribution >= 0.6 is 0 Å². The Morgan fingerprint density at radius 2 is 1.40 bits per heavy atom. The lowest BCUT2D eigenvalue weighted by atomic mass is 9.77. The summed E-state index contributed by atoms with van der Waals surface area (Å²) in [6.07, 6.45) is 8.85. The van der Waals surface area contributed by atoms with Crippen molar-refractivity contribution in [2.24, 2.45) is 5.92 Å². The van der Waals surface area contributed by atoms with Crippen molar-refractivity contribution < 1.29 is 19.1 Å². The van der Waals surface area contributed by atoms with Crippen molar-refractivity contribution in [3.05, 3.63) is 59.7 Å². The molecule has 160 valence electrons. The molecule has 0 saturated heterocycles. The molecule has 0 aromatic heterocycles. The number of hydrogen-bond acceptors (Lipinski definition) is 4. The van der Waals surface area contributed by atoms with Crippen LogP contribution in [0.4, 0.5) is 0 Å². The van der Waals surface area contributed by atoms with Crippen LogP contribution in [0.1, 0.15) is 87.1 Å². The van der Waals surface area contributed by atoms with Gasteiger partial charge < -0.3 is 9.47 Å². The van der Waals surface area contributed by atoms with E-state index in [1.54, 1.807) is 24.3 Å². The number of rotatable bonds is 8. The summed E-state index contributed by atoms with van der Waals surface area (Å²) >= 11 is 0. The molecule has 0 spiro atoms. The molecule has 0 unspecified atom stereocenters. The highest BCUT2D eigenvalue weighted by Crippen LogP contribution is 2.37. The van der Waals surface area contributed by atoms with Crippen LogP contribution in [0.5, 0.6) is 11.5 Å². The SMILES string of the molecule is CCCC(=O)Oc1ccc(OC(=O)c2ccc(C3CCC(CCC)CC3)cc2)cc1. The van der Waals surface area contributed by atoms with Crippen molar-refractivity contribution in [2.75, 3.05) is 0 Å². The second-order valence-electron chi connectivity index (χ2n) is 8.21. The molecule has 0 bridgehead atoms. The number of ether oxygens (including phenoxy) is 2. The highest BCUT2D eigenvalue weighted by atomic mass is 16.5. The molecular weight excluding hydrogens is 376 g/mol. The van der Waals surface area contributed by atoms with Crippen LogP contribution in [-0.4, -0.2) is 11.9 Å². The lowest BCUT2D eigenvalue weighted by Crippen LogP contribution is -2.13. The van der Waals surface area contributed by atoms with Crippen molar-refractivity contribution in [2.45, 2.75) is 71.1 Å². The zero-order chi connectivity index (χ0) is 21.3. The van der Waals surface area contributed by atoms with Crippen LogP contribution in [0.3, 0.4) is 0 Å². The molecule has 0 aliphatic heterocycles. The molecule has 1 fully saturated rings. The van der Waals surface area contributed by atoms with Crippen molar-refractivity contribution >= 4 is 11.9 Å². The van der Waals surface area contributed by atoms with E-state index in [0.717, 1.165) is 12.3 Å². The van der Waals surface area contributed by atoms with Crippen molar-refractivity contribution in [3.8, 4) is 11.5 Å². The molecule has 0 amide bonds.